The van der Waals surface area contributed by atoms with Crippen molar-refractivity contribution in [2.24, 2.45) is 0 Å². The Morgan fingerprint density at radius 1 is 1.23 bits per heavy atom. The second kappa shape index (κ2) is 9.23. The topological polar surface area (TPSA) is 99.2 Å². The molecule has 3 heterocycles. The molecular formula is C22H18N4O4S. The maximum atomic E-state index is 12.1. The number of thiophene rings is 1. The maximum absolute atomic E-state index is 12.1. The van der Waals surface area contributed by atoms with E-state index in [0.29, 0.717) is 5.69 Å². The van der Waals surface area contributed by atoms with E-state index in [1.807, 2.05) is 54.0 Å². The first kappa shape index (κ1) is 20.3. The van der Waals surface area contributed by atoms with Crippen molar-refractivity contribution >= 4 is 35.2 Å². The molecule has 31 heavy (non-hydrogen) atoms. The minimum Gasteiger partial charge on any atom is -0.452 e. The Kier molecular flexibility index (Phi) is 6.04. The molecule has 3 aromatic heterocycles. The average molecular weight is 434 g/mol. The summed E-state index contributed by atoms with van der Waals surface area (Å²) in [6, 6.07) is 15.2. The lowest BCUT2D eigenvalue weighted by Crippen LogP contribution is -2.19. The Hall–Kier alpha value is -3.98. The zero-order chi connectivity index (χ0) is 21.6. The summed E-state index contributed by atoms with van der Waals surface area (Å²) in [6.07, 6.45) is 4.74. The number of carbonyl (C=O) groups is 2. The van der Waals surface area contributed by atoms with E-state index in [9.17, 15) is 9.59 Å². The number of nitrogens with one attached hydrogen (secondary N) is 1. The van der Waals surface area contributed by atoms with E-state index >= 15 is 0 Å². The van der Waals surface area contributed by atoms with Crippen LogP contribution >= 0.6 is 11.3 Å². The molecule has 0 bridgehead atoms. The van der Waals surface area contributed by atoms with E-state index in [-0.39, 0.29) is 5.88 Å². The highest BCUT2D eigenvalue weighted by Gasteiger charge is 2.13. The van der Waals surface area contributed by atoms with Crippen LogP contribution in [0.15, 0.2) is 70.7 Å². The van der Waals surface area contributed by atoms with Crippen LogP contribution in [-0.2, 0) is 14.3 Å². The van der Waals surface area contributed by atoms with Crippen molar-refractivity contribution in [1.29, 1.82) is 0 Å². The predicted molar refractivity (Wildman–Crippen MR) is 117 cm³/mol. The first-order chi connectivity index (χ1) is 15.1. The smallest absolute Gasteiger partial charge is 0.331 e. The fourth-order valence-corrected chi connectivity index (χ4v) is 3.50. The lowest BCUT2D eigenvalue weighted by Gasteiger charge is -2.01. The minimum absolute atomic E-state index is 0.197. The quantitative estimate of drug-likeness (QED) is 0.347. The molecule has 0 saturated carbocycles. The number of nitrogens with zero attached hydrogens (tertiary/aromatic N) is 3. The molecular weight excluding hydrogens is 416 g/mol. The van der Waals surface area contributed by atoms with Gasteiger partial charge in [0, 0.05) is 23.9 Å². The second-order valence-electron chi connectivity index (χ2n) is 6.51. The Morgan fingerprint density at radius 2 is 2.06 bits per heavy atom. The molecule has 0 aliphatic carbocycles. The number of para-hydroxylation sites is 1. The van der Waals surface area contributed by atoms with Gasteiger partial charge in [-0.3, -0.25) is 10.1 Å². The van der Waals surface area contributed by atoms with Gasteiger partial charge in [-0.15, -0.1) is 11.3 Å². The van der Waals surface area contributed by atoms with Gasteiger partial charge in [0.15, 0.2) is 6.61 Å². The van der Waals surface area contributed by atoms with E-state index in [0.717, 1.165) is 21.8 Å². The van der Waals surface area contributed by atoms with Gasteiger partial charge in [-0.1, -0.05) is 29.4 Å². The van der Waals surface area contributed by atoms with Crippen LogP contribution in [-0.4, -0.2) is 33.4 Å². The highest BCUT2D eigenvalue weighted by Crippen LogP contribution is 2.28. The van der Waals surface area contributed by atoms with E-state index in [2.05, 4.69) is 15.6 Å². The van der Waals surface area contributed by atoms with Crippen LogP contribution < -0.4 is 5.32 Å². The fraction of sp³-hybridized carbons (Fsp3) is 0.0909. The number of aromatic nitrogens is 3. The molecule has 0 unspecified atom stereocenters. The van der Waals surface area contributed by atoms with Crippen molar-refractivity contribution in [2.75, 3.05) is 11.9 Å². The van der Waals surface area contributed by atoms with E-state index in [4.69, 9.17) is 9.26 Å². The summed E-state index contributed by atoms with van der Waals surface area (Å²) < 4.78 is 11.6. The fourth-order valence-electron chi connectivity index (χ4n) is 2.77. The van der Waals surface area contributed by atoms with Crippen LogP contribution in [0.1, 0.15) is 11.3 Å². The highest BCUT2D eigenvalue weighted by molar-refractivity contribution is 7.13. The molecule has 0 spiro atoms. The van der Waals surface area contributed by atoms with Crippen LogP contribution in [0.25, 0.3) is 22.3 Å². The number of carbonyl (C=O) groups excluding carboxylic acids is 2. The van der Waals surface area contributed by atoms with Gasteiger partial charge in [0.2, 0.25) is 5.88 Å². The Bertz CT molecular complexity index is 1210. The zero-order valence-corrected chi connectivity index (χ0v) is 17.3. The highest BCUT2D eigenvalue weighted by atomic mass is 32.1. The largest absolute Gasteiger partial charge is 0.452 e. The number of esters is 1. The minimum atomic E-state index is -0.645. The molecule has 9 heteroatoms. The second-order valence-corrected chi connectivity index (χ2v) is 7.46. The Balaban J connectivity index is 1.44. The molecule has 0 fully saturated rings. The molecule has 4 rings (SSSR count). The molecule has 4 aromatic rings. The summed E-state index contributed by atoms with van der Waals surface area (Å²) in [5, 5.41) is 12.8. The summed E-state index contributed by atoms with van der Waals surface area (Å²) in [4.78, 5) is 24.9. The molecule has 1 amide bonds. The molecule has 1 aromatic carbocycles. The van der Waals surface area contributed by atoms with Gasteiger partial charge < -0.3 is 9.26 Å². The van der Waals surface area contributed by atoms with Crippen LogP contribution in [0, 0.1) is 6.92 Å². The lowest BCUT2D eigenvalue weighted by molar-refractivity contribution is -0.142. The van der Waals surface area contributed by atoms with Crippen LogP contribution in [0.4, 0.5) is 5.88 Å². The molecule has 0 aliphatic heterocycles. The molecule has 0 aliphatic rings. The summed E-state index contributed by atoms with van der Waals surface area (Å²) in [5.74, 6) is -0.967. The molecule has 0 atom stereocenters. The lowest BCUT2D eigenvalue weighted by atomic mass is 10.2. The van der Waals surface area contributed by atoms with Crippen LogP contribution in [0.2, 0.25) is 0 Å². The number of hydrogen-bond donors (Lipinski definition) is 1. The van der Waals surface area contributed by atoms with Crippen molar-refractivity contribution in [1.82, 2.24) is 14.9 Å². The van der Waals surface area contributed by atoms with E-state index < -0.39 is 18.5 Å². The number of ether oxygens (including phenoxy) is 1. The van der Waals surface area contributed by atoms with E-state index in [1.54, 1.807) is 35.1 Å². The third-order valence-electron chi connectivity index (χ3n) is 4.15. The van der Waals surface area contributed by atoms with Gasteiger partial charge in [0.25, 0.3) is 5.91 Å². The number of benzene rings is 1. The summed E-state index contributed by atoms with van der Waals surface area (Å²) >= 11 is 1.56. The molecule has 156 valence electrons. The monoisotopic (exact) mass is 434 g/mol. The number of rotatable bonds is 7. The SMILES string of the molecule is Cc1cc(NC(=O)COC(=O)/C=C/c2cn(-c3ccccc3)nc2-c2cccs2)on1. The molecule has 1 N–H and O–H groups in total. The van der Waals surface area contributed by atoms with Gasteiger partial charge in [-0.25, -0.2) is 9.48 Å². The van der Waals surface area contributed by atoms with Crippen LogP contribution in [0.5, 0.6) is 0 Å². The molecule has 0 radical (unpaired) electrons. The van der Waals surface area contributed by atoms with E-state index in [1.165, 1.54) is 6.08 Å². The average Bonchev–Trinajstić information content (AvgIpc) is 3.52. The predicted octanol–water partition coefficient (Wildman–Crippen LogP) is 4.09. The third-order valence-corrected chi connectivity index (χ3v) is 5.03. The van der Waals surface area contributed by atoms with Gasteiger partial charge in [-0.2, -0.15) is 5.10 Å². The normalized spacial score (nSPS) is 11.0. The van der Waals surface area contributed by atoms with Gasteiger partial charge in [0.05, 0.1) is 16.3 Å². The number of aryl methyl sites for hydroxylation is 1. The first-order valence-corrected chi connectivity index (χ1v) is 10.2. The third kappa shape index (κ3) is 5.14. The standard InChI is InChI=1S/C22H18N4O4S/c1-15-12-20(30-25-15)23-19(27)14-29-21(28)10-9-16-13-26(17-6-3-2-4-7-17)24-22(16)18-8-5-11-31-18/h2-13H,14H2,1H3,(H,23,27)/b10-9+. The van der Waals surface area contributed by atoms with Gasteiger partial charge >= 0.3 is 5.97 Å². The van der Waals surface area contributed by atoms with Crippen molar-refractivity contribution in [3.63, 3.8) is 0 Å². The molecule has 0 saturated heterocycles. The number of hydrogen-bond acceptors (Lipinski definition) is 7. The van der Waals surface area contributed by atoms with Crippen molar-refractivity contribution < 1.29 is 18.8 Å². The summed E-state index contributed by atoms with van der Waals surface area (Å²) in [5.41, 5.74) is 3.04. The maximum Gasteiger partial charge on any atom is 0.331 e. The van der Waals surface area contributed by atoms with Crippen LogP contribution in [0.3, 0.4) is 0 Å². The van der Waals surface area contributed by atoms with Crippen molar-refractivity contribution in [3.8, 4) is 16.3 Å². The van der Waals surface area contributed by atoms with Gasteiger partial charge in [-0.05, 0) is 36.6 Å². The number of anilines is 1. The Labute approximate surface area is 181 Å². The Morgan fingerprint density at radius 3 is 2.77 bits per heavy atom. The van der Waals surface area contributed by atoms with Gasteiger partial charge in [0.1, 0.15) is 5.69 Å². The summed E-state index contributed by atoms with van der Waals surface area (Å²) in [6.45, 7) is 1.29. The zero-order valence-electron chi connectivity index (χ0n) is 16.5. The number of amides is 1. The van der Waals surface area contributed by atoms with Crippen molar-refractivity contribution in [2.45, 2.75) is 6.92 Å². The van der Waals surface area contributed by atoms with Crippen molar-refractivity contribution in [3.05, 3.63) is 77.4 Å². The molecule has 8 nitrogen and oxygen atoms in total. The first-order valence-electron chi connectivity index (χ1n) is 9.35. The summed E-state index contributed by atoms with van der Waals surface area (Å²) in [7, 11) is 0.